The zero-order valence-corrected chi connectivity index (χ0v) is 9.17. The molecular weight excluding hydrogens is 237 g/mol. The van der Waals surface area contributed by atoms with Crippen LogP contribution in [0.4, 0.5) is 10.1 Å². The summed E-state index contributed by atoms with van der Waals surface area (Å²) in [4.78, 5) is 22.2. The van der Waals surface area contributed by atoms with Gasteiger partial charge in [-0.15, -0.1) is 0 Å². The van der Waals surface area contributed by atoms with Crippen LogP contribution in [0.5, 0.6) is 0 Å². The molecule has 0 aliphatic rings. The van der Waals surface area contributed by atoms with E-state index in [0.717, 1.165) is 6.07 Å². The Morgan fingerprint density at radius 1 is 1.11 bits per heavy atom. The average molecular weight is 245 g/mol. The fraction of sp³-hybridized carbons (Fsp3) is 0. The number of nitro benzene ring substituents is 1. The standard InChI is InChI=1S/C13H8FNO3/c14-10-5-3-4-9(8-10)13(16)11-6-1-2-7-12(11)15(17)18/h1-8H. The van der Waals surface area contributed by atoms with E-state index in [2.05, 4.69) is 0 Å². The number of benzene rings is 2. The summed E-state index contributed by atoms with van der Waals surface area (Å²) in [5.74, 6) is -1.12. The molecular formula is C13H8FNO3. The van der Waals surface area contributed by atoms with Gasteiger partial charge in [0.25, 0.3) is 5.69 Å². The van der Waals surface area contributed by atoms with Gasteiger partial charge in [0.15, 0.2) is 5.78 Å². The van der Waals surface area contributed by atoms with Crippen molar-refractivity contribution < 1.29 is 14.1 Å². The van der Waals surface area contributed by atoms with Crippen LogP contribution in [0.2, 0.25) is 0 Å². The zero-order valence-electron chi connectivity index (χ0n) is 9.17. The van der Waals surface area contributed by atoms with Gasteiger partial charge < -0.3 is 0 Å². The van der Waals surface area contributed by atoms with E-state index in [1.165, 1.54) is 42.5 Å². The second-order valence-corrected chi connectivity index (χ2v) is 3.61. The van der Waals surface area contributed by atoms with E-state index in [1.54, 1.807) is 0 Å². The van der Waals surface area contributed by atoms with Crippen molar-refractivity contribution in [2.24, 2.45) is 0 Å². The van der Waals surface area contributed by atoms with Crippen molar-refractivity contribution in [3.8, 4) is 0 Å². The zero-order chi connectivity index (χ0) is 13.1. The lowest BCUT2D eigenvalue weighted by Gasteiger charge is -2.02. The molecule has 5 heteroatoms. The number of carbonyl (C=O) groups excluding carboxylic acids is 1. The summed E-state index contributed by atoms with van der Waals surface area (Å²) in [7, 11) is 0. The highest BCUT2D eigenvalue weighted by molar-refractivity contribution is 6.11. The molecule has 18 heavy (non-hydrogen) atoms. The van der Waals surface area contributed by atoms with Crippen LogP contribution in [0.1, 0.15) is 15.9 Å². The molecule has 2 rings (SSSR count). The molecule has 2 aromatic carbocycles. The van der Waals surface area contributed by atoms with E-state index in [-0.39, 0.29) is 16.8 Å². The van der Waals surface area contributed by atoms with Crippen LogP contribution < -0.4 is 0 Å². The Morgan fingerprint density at radius 2 is 1.83 bits per heavy atom. The van der Waals surface area contributed by atoms with Gasteiger partial charge in [0, 0.05) is 11.6 Å². The lowest BCUT2D eigenvalue weighted by atomic mass is 10.0. The number of nitrogens with zero attached hydrogens (tertiary/aromatic N) is 1. The Hall–Kier alpha value is -2.56. The van der Waals surface area contributed by atoms with Gasteiger partial charge in [-0.1, -0.05) is 24.3 Å². The maximum atomic E-state index is 13.0. The van der Waals surface area contributed by atoms with Crippen LogP contribution in [0.15, 0.2) is 48.5 Å². The highest BCUT2D eigenvalue weighted by atomic mass is 19.1. The average Bonchev–Trinajstić information content (AvgIpc) is 2.38. The van der Waals surface area contributed by atoms with Crippen molar-refractivity contribution in [1.82, 2.24) is 0 Å². The van der Waals surface area contributed by atoms with Gasteiger partial charge in [0.1, 0.15) is 11.4 Å². The Labute approximate surface area is 102 Å². The first-order valence-electron chi connectivity index (χ1n) is 5.13. The minimum absolute atomic E-state index is 0.0481. The number of para-hydroxylation sites is 1. The van der Waals surface area contributed by atoms with Crippen LogP contribution in [-0.2, 0) is 0 Å². The van der Waals surface area contributed by atoms with Gasteiger partial charge in [-0.2, -0.15) is 0 Å². The number of nitro groups is 1. The number of carbonyl (C=O) groups is 1. The van der Waals surface area contributed by atoms with Crippen LogP contribution in [-0.4, -0.2) is 10.7 Å². The first-order chi connectivity index (χ1) is 8.59. The highest BCUT2D eigenvalue weighted by Gasteiger charge is 2.20. The van der Waals surface area contributed by atoms with E-state index in [4.69, 9.17) is 0 Å². The molecule has 2 aromatic rings. The predicted octanol–water partition coefficient (Wildman–Crippen LogP) is 2.96. The molecule has 0 N–H and O–H groups in total. The third-order valence-electron chi connectivity index (χ3n) is 2.43. The van der Waals surface area contributed by atoms with E-state index in [1.807, 2.05) is 0 Å². The van der Waals surface area contributed by atoms with Crippen molar-refractivity contribution in [3.63, 3.8) is 0 Å². The maximum absolute atomic E-state index is 13.0. The number of hydrogen-bond acceptors (Lipinski definition) is 3. The minimum Gasteiger partial charge on any atom is -0.288 e. The number of rotatable bonds is 3. The van der Waals surface area contributed by atoms with E-state index < -0.39 is 16.5 Å². The molecule has 0 amide bonds. The normalized spacial score (nSPS) is 10.1. The molecule has 0 atom stereocenters. The van der Waals surface area contributed by atoms with Gasteiger partial charge in [-0.05, 0) is 18.2 Å². The summed E-state index contributed by atoms with van der Waals surface area (Å²) in [5, 5.41) is 10.8. The SMILES string of the molecule is O=C(c1cccc(F)c1)c1ccccc1[N+](=O)[O-]. The van der Waals surface area contributed by atoms with E-state index in [0.29, 0.717) is 0 Å². The molecule has 0 radical (unpaired) electrons. The second-order valence-electron chi connectivity index (χ2n) is 3.61. The monoisotopic (exact) mass is 245 g/mol. The first kappa shape index (κ1) is 11.9. The minimum atomic E-state index is -0.632. The highest BCUT2D eigenvalue weighted by Crippen LogP contribution is 2.21. The van der Waals surface area contributed by atoms with Crippen molar-refractivity contribution in [2.45, 2.75) is 0 Å². The molecule has 0 saturated carbocycles. The Kier molecular flexibility index (Phi) is 3.14. The fourth-order valence-corrected chi connectivity index (χ4v) is 1.61. The molecule has 90 valence electrons. The number of halogens is 1. The Morgan fingerprint density at radius 3 is 2.50 bits per heavy atom. The lowest BCUT2D eigenvalue weighted by molar-refractivity contribution is -0.385. The molecule has 0 aliphatic heterocycles. The molecule has 0 spiro atoms. The Balaban J connectivity index is 2.50. The van der Waals surface area contributed by atoms with Crippen molar-refractivity contribution in [3.05, 3.63) is 75.6 Å². The van der Waals surface area contributed by atoms with E-state index >= 15 is 0 Å². The quantitative estimate of drug-likeness (QED) is 0.474. The third-order valence-corrected chi connectivity index (χ3v) is 2.43. The first-order valence-corrected chi connectivity index (χ1v) is 5.13. The van der Waals surface area contributed by atoms with Crippen LogP contribution in [0, 0.1) is 15.9 Å². The van der Waals surface area contributed by atoms with Gasteiger partial charge >= 0.3 is 0 Å². The molecule has 0 aromatic heterocycles. The maximum Gasteiger partial charge on any atom is 0.280 e. The molecule has 0 fully saturated rings. The largest absolute Gasteiger partial charge is 0.288 e. The van der Waals surface area contributed by atoms with Crippen LogP contribution >= 0.6 is 0 Å². The van der Waals surface area contributed by atoms with Gasteiger partial charge in [0.05, 0.1) is 4.92 Å². The van der Waals surface area contributed by atoms with Crippen molar-refractivity contribution in [1.29, 1.82) is 0 Å². The number of hydrogen-bond donors (Lipinski definition) is 0. The summed E-state index contributed by atoms with van der Waals surface area (Å²) in [6.45, 7) is 0. The summed E-state index contributed by atoms with van der Waals surface area (Å²) >= 11 is 0. The summed E-state index contributed by atoms with van der Waals surface area (Å²) in [5.41, 5.74) is -0.246. The number of ketones is 1. The molecule has 0 aliphatic carbocycles. The van der Waals surface area contributed by atoms with Gasteiger partial charge in [-0.3, -0.25) is 14.9 Å². The molecule has 0 unspecified atom stereocenters. The smallest absolute Gasteiger partial charge is 0.280 e. The van der Waals surface area contributed by atoms with Crippen molar-refractivity contribution in [2.75, 3.05) is 0 Å². The van der Waals surface area contributed by atoms with Crippen LogP contribution in [0.25, 0.3) is 0 Å². The molecule has 0 bridgehead atoms. The predicted molar refractivity (Wildman–Crippen MR) is 62.9 cm³/mol. The third kappa shape index (κ3) is 2.24. The summed E-state index contributed by atoms with van der Waals surface area (Å²) in [6, 6.07) is 10.7. The van der Waals surface area contributed by atoms with E-state index in [9.17, 15) is 19.3 Å². The fourth-order valence-electron chi connectivity index (χ4n) is 1.61. The molecule has 4 nitrogen and oxygen atoms in total. The van der Waals surface area contributed by atoms with Gasteiger partial charge in [0.2, 0.25) is 0 Å². The summed E-state index contributed by atoms with van der Waals surface area (Å²) < 4.78 is 13.0. The van der Waals surface area contributed by atoms with Gasteiger partial charge in [-0.25, -0.2) is 4.39 Å². The molecule has 0 saturated heterocycles. The van der Waals surface area contributed by atoms with Crippen LogP contribution in [0.3, 0.4) is 0 Å². The topological polar surface area (TPSA) is 60.2 Å². The Bertz CT molecular complexity index is 625. The second kappa shape index (κ2) is 4.75. The van der Waals surface area contributed by atoms with Crippen molar-refractivity contribution >= 4 is 11.5 Å². The summed E-state index contributed by atoms with van der Waals surface area (Å²) in [6.07, 6.45) is 0. The molecule has 0 heterocycles. The lowest BCUT2D eigenvalue weighted by Crippen LogP contribution is -2.05.